The van der Waals surface area contributed by atoms with Gasteiger partial charge in [-0.1, -0.05) is 25.7 Å². The van der Waals surface area contributed by atoms with Crippen LogP contribution in [0.25, 0.3) is 0 Å². The smallest absolute Gasteiger partial charge is 0.249 e. The first-order valence-corrected chi connectivity index (χ1v) is 10.9. The third kappa shape index (κ3) is 4.96. The van der Waals surface area contributed by atoms with E-state index in [0.717, 1.165) is 57.4 Å². The van der Waals surface area contributed by atoms with Crippen molar-refractivity contribution in [3.63, 3.8) is 0 Å². The van der Waals surface area contributed by atoms with E-state index in [4.69, 9.17) is 10.8 Å². The van der Waals surface area contributed by atoms with Crippen molar-refractivity contribution in [1.29, 1.82) is 0 Å². The molecule has 5 N–H and O–H groups in total. The van der Waals surface area contributed by atoms with Crippen LogP contribution in [0.5, 0.6) is 5.75 Å². The first kappa shape index (κ1) is 20.7. The molecule has 0 bridgehead atoms. The van der Waals surface area contributed by atoms with Gasteiger partial charge in [0.15, 0.2) is 11.6 Å². The van der Waals surface area contributed by atoms with Gasteiger partial charge in [0, 0.05) is 18.0 Å². The Kier molecular flexibility index (Phi) is 6.59. The van der Waals surface area contributed by atoms with Gasteiger partial charge in [-0.05, 0) is 50.9 Å². The van der Waals surface area contributed by atoms with Crippen molar-refractivity contribution in [2.45, 2.75) is 63.3 Å². The fraction of sp³-hybridized carbons (Fsp3) is 0.571. The highest BCUT2D eigenvalue weighted by Gasteiger charge is 2.23. The Morgan fingerprint density at radius 2 is 1.77 bits per heavy atom. The highest BCUT2D eigenvalue weighted by Crippen LogP contribution is 2.32. The largest absolute Gasteiger partial charge is 0.505 e. The number of aromatic nitrogens is 3. The molecule has 30 heavy (non-hydrogen) atoms. The van der Waals surface area contributed by atoms with E-state index in [1.54, 1.807) is 0 Å². The van der Waals surface area contributed by atoms with E-state index in [2.05, 4.69) is 20.6 Å². The minimum atomic E-state index is -0.742. The summed E-state index contributed by atoms with van der Waals surface area (Å²) in [5.41, 5.74) is 0.358. The third-order valence-corrected chi connectivity index (χ3v) is 5.96. The van der Waals surface area contributed by atoms with Crippen LogP contribution in [0.4, 0.5) is 22.0 Å². The average Bonchev–Trinajstić information content (AvgIpc) is 3.05. The molecule has 1 aromatic heterocycles. The van der Waals surface area contributed by atoms with Gasteiger partial charge in [-0.25, -0.2) is 15.2 Å². The minimum Gasteiger partial charge on any atom is -0.505 e. The third-order valence-electron chi connectivity index (χ3n) is 5.96. The topological polar surface area (TPSA) is 112 Å². The zero-order valence-corrected chi connectivity index (χ0v) is 17.1. The average molecular weight is 416 g/mol. The number of phenolic OH excluding ortho intramolecular Hbond substituents is 1. The number of nitrogens with two attached hydrogens (primary N) is 1. The first-order chi connectivity index (χ1) is 14.6. The first-order valence-electron chi connectivity index (χ1n) is 10.9. The summed E-state index contributed by atoms with van der Waals surface area (Å²) in [5, 5.41) is 17.5. The highest BCUT2D eigenvalue weighted by molar-refractivity contribution is 5.57. The molecule has 1 aliphatic heterocycles. The molecule has 0 spiro atoms. The van der Waals surface area contributed by atoms with Gasteiger partial charge in [-0.3, -0.25) is 0 Å². The van der Waals surface area contributed by atoms with Crippen LogP contribution in [0.3, 0.4) is 0 Å². The normalized spacial score (nSPS) is 18.7. The van der Waals surface area contributed by atoms with Crippen molar-refractivity contribution >= 4 is 17.6 Å². The fourth-order valence-corrected chi connectivity index (χ4v) is 4.18. The van der Waals surface area contributed by atoms with E-state index in [1.165, 1.54) is 36.0 Å². The number of anilines is 3. The molecule has 0 unspecified atom stereocenters. The zero-order valence-electron chi connectivity index (χ0n) is 17.1. The van der Waals surface area contributed by atoms with Gasteiger partial charge in [0.1, 0.15) is 5.82 Å². The Balaban J connectivity index is 1.65. The molecule has 9 heteroatoms. The minimum absolute atomic E-state index is 0.269. The summed E-state index contributed by atoms with van der Waals surface area (Å²) in [6.45, 7) is 1.92. The number of nitrogens with zero attached hydrogens (tertiary/aromatic N) is 4. The molecule has 2 fully saturated rings. The SMILES string of the molecule is NN(c1ccc(O)c(F)c1)c1nc(NC2CCNCC2)nc(C2CCCCCC2)n1. The van der Waals surface area contributed by atoms with Crippen LogP contribution in [0, 0.1) is 5.82 Å². The lowest BCUT2D eigenvalue weighted by atomic mass is 10.00. The molecule has 4 rings (SSSR count). The lowest BCUT2D eigenvalue weighted by molar-refractivity contribution is 0.432. The van der Waals surface area contributed by atoms with Crippen LogP contribution < -0.4 is 21.5 Å². The molecule has 2 aromatic rings. The maximum atomic E-state index is 13.9. The van der Waals surface area contributed by atoms with Crippen molar-refractivity contribution in [3.8, 4) is 5.75 Å². The number of halogens is 1. The maximum absolute atomic E-state index is 13.9. The van der Waals surface area contributed by atoms with Crippen LogP contribution in [-0.4, -0.2) is 39.2 Å². The van der Waals surface area contributed by atoms with Crippen molar-refractivity contribution < 1.29 is 9.50 Å². The van der Waals surface area contributed by atoms with Gasteiger partial charge >= 0.3 is 0 Å². The second kappa shape index (κ2) is 9.53. The molecular weight excluding hydrogens is 385 g/mol. The summed E-state index contributed by atoms with van der Waals surface area (Å²) in [4.78, 5) is 13.9. The molecule has 0 radical (unpaired) electrons. The molecule has 8 nitrogen and oxygen atoms in total. The molecule has 0 atom stereocenters. The maximum Gasteiger partial charge on any atom is 0.249 e. The van der Waals surface area contributed by atoms with E-state index in [1.807, 2.05) is 0 Å². The monoisotopic (exact) mass is 415 g/mol. The summed E-state index contributed by atoms with van der Waals surface area (Å²) >= 11 is 0. The van der Waals surface area contributed by atoms with Crippen LogP contribution in [0.15, 0.2) is 18.2 Å². The summed E-state index contributed by atoms with van der Waals surface area (Å²) in [7, 11) is 0. The lowest BCUT2D eigenvalue weighted by Crippen LogP contribution is -2.36. The van der Waals surface area contributed by atoms with Gasteiger partial charge in [0.25, 0.3) is 0 Å². The number of hydrazine groups is 1. The number of benzene rings is 1. The predicted octanol–water partition coefficient (Wildman–Crippen LogP) is 3.33. The Bertz CT molecular complexity index is 851. The number of phenols is 1. The number of hydrogen-bond donors (Lipinski definition) is 4. The molecule has 2 aliphatic rings. The fourth-order valence-electron chi connectivity index (χ4n) is 4.18. The number of hydrogen-bond acceptors (Lipinski definition) is 8. The van der Waals surface area contributed by atoms with Gasteiger partial charge < -0.3 is 15.7 Å². The highest BCUT2D eigenvalue weighted by atomic mass is 19.1. The number of nitrogens with one attached hydrogen (secondary N) is 2. The van der Waals surface area contributed by atoms with Gasteiger partial charge in [0.2, 0.25) is 11.9 Å². The Morgan fingerprint density at radius 1 is 1.03 bits per heavy atom. The molecule has 1 aliphatic carbocycles. The summed E-state index contributed by atoms with van der Waals surface area (Å²) in [6, 6.07) is 4.27. The summed E-state index contributed by atoms with van der Waals surface area (Å²) in [6.07, 6.45) is 8.90. The van der Waals surface area contributed by atoms with Crippen molar-refractivity contribution in [3.05, 3.63) is 29.8 Å². The van der Waals surface area contributed by atoms with Crippen LogP contribution in [-0.2, 0) is 0 Å². The Labute approximate surface area is 176 Å². The molecule has 1 aromatic carbocycles. The predicted molar refractivity (Wildman–Crippen MR) is 114 cm³/mol. The molecule has 1 saturated carbocycles. The second-order valence-electron chi connectivity index (χ2n) is 8.18. The number of piperidine rings is 1. The molecule has 1 saturated heterocycles. The number of aromatic hydroxyl groups is 1. The molecule has 2 heterocycles. The van der Waals surface area contributed by atoms with E-state index < -0.39 is 11.6 Å². The standard InChI is InChI=1S/C21H30FN7O/c22-17-13-16(7-8-18(17)30)29(23)21-27-19(14-5-3-1-2-4-6-14)26-20(28-21)25-15-9-11-24-12-10-15/h7-8,13-15,24,30H,1-6,9-12,23H2,(H,25,26,27,28). The molecular formula is C21H30FN7O. The van der Waals surface area contributed by atoms with Gasteiger partial charge in [-0.15, -0.1) is 0 Å². The van der Waals surface area contributed by atoms with E-state index in [0.29, 0.717) is 17.7 Å². The van der Waals surface area contributed by atoms with Crippen LogP contribution in [0.1, 0.15) is 63.1 Å². The van der Waals surface area contributed by atoms with Gasteiger partial charge in [0.05, 0.1) is 5.69 Å². The zero-order chi connectivity index (χ0) is 20.9. The lowest BCUT2D eigenvalue weighted by Gasteiger charge is -2.25. The quantitative estimate of drug-likeness (QED) is 0.334. The molecule has 0 amide bonds. The van der Waals surface area contributed by atoms with E-state index in [9.17, 15) is 9.50 Å². The Hall–Kier alpha value is -2.52. The van der Waals surface area contributed by atoms with Crippen LogP contribution in [0.2, 0.25) is 0 Å². The summed E-state index contributed by atoms with van der Waals surface area (Å²) in [5.74, 6) is 6.90. The molecule has 162 valence electrons. The van der Waals surface area contributed by atoms with E-state index in [-0.39, 0.29) is 11.9 Å². The van der Waals surface area contributed by atoms with Crippen molar-refractivity contribution in [2.24, 2.45) is 5.84 Å². The van der Waals surface area contributed by atoms with Gasteiger partial charge in [-0.2, -0.15) is 15.0 Å². The van der Waals surface area contributed by atoms with Crippen molar-refractivity contribution in [1.82, 2.24) is 20.3 Å². The second-order valence-corrected chi connectivity index (χ2v) is 8.18. The van der Waals surface area contributed by atoms with Crippen LogP contribution >= 0.6 is 0 Å². The summed E-state index contributed by atoms with van der Waals surface area (Å²) < 4.78 is 13.9. The number of rotatable bonds is 5. The van der Waals surface area contributed by atoms with Crippen molar-refractivity contribution in [2.75, 3.05) is 23.4 Å². The Morgan fingerprint density at radius 3 is 2.47 bits per heavy atom. The van der Waals surface area contributed by atoms with E-state index >= 15 is 0 Å².